The first-order chi connectivity index (χ1) is 9.47. The summed E-state index contributed by atoms with van der Waals surface area (Å²) in [6, 6.07) is 8.97. The van der Waals surface area contributed by atoms with Crippen LogP contribution in [0.15, 0.2) is 36.5 Å². The van der Waals surface area contributed by atoms with E-state index in [1.807, 2.05) is 44.1 Å². The number of anilines is 3. The number of hydrogen-bond donors (Lipinski definition) is 2. The average Bonchev–Trinajstić information content (AvgIpc) is 2.40. The van der Waals surface area contributed by atoms with Gasteiger partial charge in [-0.15, -0.1) is 0 Å². The van der Waals surface area contributed by atoms with Gasteiger partial charge in [0.2, 0.25) is 0 Å². The maximum atomic E-state index is 12.1. The second kappa shape index (κ2) is 5.61. The maximum absolute atomic E-state index is 12.1. The Bertz CT molecular complexity index is 638. The molecule has 1 heterocycles. The predicted molar refractivity (Wildman–Crippen MR) is 82.1 cm³/mol. The Labute approximate surface area is 118 Å². The van der Waals surface area contributed by atoms with Crippen LogP contribution in [0.1, 0.15) is 16.1 Å². The van der Waals surface area contributed by atoms with Gasteiger partial charge in [0.25, 0.3) is 5.91 Å². The number of benzene rings is 1. The summed E-state index contributed by atoms with van der Waals surface area (Å²) in [4.78, 5) is 18.1. The summed E-state index contributed by atoms with van der Waals surface area (Å²) < 4.78 is 0. The molecule has 0 bridgehead atoms. The summed E-state index contributed by atoms with van der Waals surface area (Å²) in [7, 11) is 3.93. The van der Waals surface area contributed by atoms with Crippen LogP contribution in [0.4, 0.5) is 17.1 Å². The third kappa shape index (κ3) is 3.06. The maximum Gasteiger partial charge on any atom is 0.274 e. The van der Waals surface area contributed by atoms with Crippen molar-refractivity contribution < 1.29 is 4.79 Å². The van der Waals surface area contributed by atoms with Crippen molar-refractivity contribution >= 4 is 23.0 Å². The molecule has 20 heavy (non-hydrogen) atoms. The Hall–Kier alpha value is -2.56. The standard InChI is InChI=1S/C15H18N4O/c1-10-4-5-12(9-14(10)19(2)3)18-15(20)13-8-11(16)6-7-17-13/h4-9H,1-3H3,(H2,16,17)(H,18,20). The number of nitrogens with two attached hydrogens (primary N) is 1. The fourth-order valence-electron chi connectivity index (χ4n) is 1.94. The molecule has 2 aromatic rings. The zero-order chi connectivity index (χ0) is 14.7. The lowest BCUT2D eigenvalue weighted by atomic mass is 10.1. The third-order valence-corrected chi connectivity index (χ3v) is 2.97. The number of amides is 1. The van der Waals surface area contributed by atoms with E-state index in [4.69, 9.17) is 5.73 Å². The van der Waals surface area contributed by atoms with E-state index in [0.717, 1.165) is 16.9 Å². The Morgan fingerprint density at radius 2 is 2.00 bits per heavy atom. The van der Waals surface area contributed by atoms with Crippen LogP contribution < -0.4 is 16.0 Å². The van der Waals surface area contributed by atoms with Crippen molar-refractivity contribution in [2.45, 2.75) is 6.92 Å². The fourth-order valence-corrected chi connectivity index (χ4v) is 1.94. The molecule has 104 valence electrons. The minimum Gasteiger partial charge on any atom is -0.399 e. The van der Waals surface area contributed by atoms with E-state index in [-0.39, 0.29) is 5.91 Å². The number of hydrogen-bond acceptors (Lipinski definition) is 4. The lowest BCUT2D eigenvalue weighted by Crippen LogP contribution is -2.15. The molecule has 0 aliphatic heterocycles. The first-order valence-electron chi connectivity index (χ1n) is 6.28. The number of aromatic nitrogens is 1. The molecule has 3 N–H and O–H groups in total. The summed E-state index contributed by atoms with van der Waals surface area (Å²) in [5.74, 6) is -0.272. The van der Waals surface area contributed by atoms with Gasteiger partial charge < -0.3 is 16.0 Å². The molecule has 0 unspecified atom stereocenters. The van der Waals surface area contributed by atoms with Gasteiger partial charge in [-0.2, -0.15) is 0 Å². The first kappa shape index (κ1) is 13.9. The van der Waals surface area contributed by atoms with Crippen molar-refractivity contribution in [2.24, 2.45) is 0 Å². The Kier molecular flexibility index (Phi) is 3.89. The monoisotopic (exact) mass is 270 g/mol. The van der Waals surface area contributed by atoms with E-state index < -0.39 is 0 Å². The number of aryl methyl sites for hydroxylation is 1. The SMILES string of the molecule is Cc1ccc(NC(=O)c2cc(N)ccn2)cc1N(C)C. The highest BCUT2D eigenvalue weighted by atomic mass is 16.1. The van der Waals surface area contributed by atoms with Crippen molar-refractivity contribution in [1.82, 2.24) is 4.98 Å². The molecule has 0 spiro atoms. The van der Waals surface area contributed by atoms with Crippen LogP contribution in [-0.2, 0) is 0 Å². The summed E-state index contributed by atoms with van der Waals surface area (Å²) in [5.41, 5.74) is 9.40. The topological polar surface area (TPSA) is 71.2 Å². The number of nitrogens with zero attached hydrogens (tertiary/aromatic N) is 2. The normalized spacial score (nSPS) is 10.2. The third-order valence-electron chi connectivity index (χ3n) is 2.97. The van der Waals surface area contributed by atoms with Crippen LogP contribution in [0.5, 0.6) is 0 Å². The molecule has 1 amide bonds. The number of nitrogens with one attached hydrogen (secondary N) is 1. The number of carbonyl (C=O) groups is 1. The molecular formula is C15H18N4O. The molecule has 0 aliphatic carbocycles. The predicted octanol–water partition coefficient (Wildman–Crippen LogP) is 2.29. The lowest BCUT2D eigenvalue weighted by Gasteiger charge is -2.17. The molecule has 1 aromatic carbocycles. The molecule has 0 atom stereocenters. The highest BCUT2D eigenvalue weighted by molar-refractivity contribution is 6.03. The van der Waals surface area contributed by atoms with Crippen molar-refractivity contribution in [1.29, 1.82) is 0 Å². The van der Waals surface area contributed by atoms with E-state index >= 15 is 0 Å². The van der Waals surface area contributed by atoms with Gasteiger partial charge in [0.05, 0.1) is 0 Å². The van der Waals surface area contributed by atoms with Crippen molar-refractivity contribution in [3.63, 3.8) is 0 Å². The Balaban J connectivity index is 2.22. The van der Waals surface area contributed by atoms with Gasteiger partial charge in [0.1, 0.15) is 5.69 Å². The van der Waals surface area contributed by atoms with Crippen LogP contribution >= 0.6 is 0 Å². The molecule has 1 aromatic heterocycles. The van der Waals surface area contributed by atoms with Crippen LogP contribution in [0, 0.1) is 6.92 Å². The van der Waals surface area contributed by atoms with E-state index in [0.29, 0.717) is 11.4 Å². The molecule has 5 heteroatoms. The molecule has 0 radical (unpaired) electrons. The van der Waals surface area contributed by atoms with Gasteiger partial charge in [-0.25, -0.2) is 0 Å². The van der Waals surface area contributed by atoms with Gasteiger partial charge in [-0.05, 0) is 36.8 Å². The summed E-state index contributed by atoms with van der Waals surface area (Å²) in [5, 5.41) is 2.82. The molecule has 0 aliphatic rings. The van der Waals surface area contributed by atoms with Crippen LogP contribution in [-0.4, -0.2) is 25.0 Å². The largest absolute Gasteiger partial charge is 0.399 e. The van der Waals surface area contributed by atoms with Crippen LogP contribution in [0.2, 0.25) is 0 Å². The van der Waals surface area contributed by atoms with E-state index in [1.165, 1.54) is 6.20 Å². The first-order valence-corrected chi connectivity index (χ1v) is 6.28. The highest BCUT2D eigenvalue weighted by Gasteiger charge is 2.09. The number of pyridine rings is 1. The van der Waals surface area contributed by atoms with E-state index in [1.54, 1.807) is 12.1 Å². The molecule has 0 saturated carbocycles. The molecule has 5 nitrogen and oxygen atoms in total. The summed E-state index contributed by atoms with van der Waals surface area (Å²) >= 11 is 0. The summed E-state index contributed by atoms with van der Waals surface area (Å²) in [6.45, 7) is 2.03. The second-order valence-corrected chi connectivity index (χ2v) is 4.82. The number of carbonyl (C=O) groups excluding carboxylic acids is 1. The average molecular weight is 270 g/mol. The summed E-state index contributed by atoms with van der Waals surface area (Å²) in [6.07, 6.45) is 1.52. The van der Waals surface area contributed by atoms with Crippen LogP contribution in [0.3, 0.4) is 0 Å². The quantitative estimate of drug-likeness (QED) is 0.897. The van der Waals surface area contributed by atoms with Gasteiger partial charge in [-0.3, -0.25) is 9.78 Å². The number of rotatable bonds is 3. The van der Waals surface area contributed by atoms with Gasteiger partial charge in [0, 0.05) is 37.4 Å². The second-order valence-electron chi connectivity index (χ2n) is 4.82. The molecule has 0 saturated heterocycles. The smallest absolute Gasteiger partial charge is 0.274 e. The van der Waals surface area contributed by atoms with Crippen molar-refractivity contribution in [3.8, 4) is 0 Å². The molecule has 0 fully saturated rings. The van der Waals surface area contributed by atoms with E-state index in [9.17, 15) is 4.79 Å². The minimum atomic E-state index is -0.272. The van der Waals surface area contributed by atoms with Gasteiger partial charge >= 0.3 is 0 Å². The van der Waals surface area contributed by atoms with Crippen LogP contribution in [0.25, 0.3) is 0 Å². The van der Waals surface area contributed by atoms with Crippen molar-refractivity contribution in [3.05, 3.63) is 47.8 Å². The zero-order valence-corrected chi connectivity index (χ0v) is 11.8. The fraction of sp³-hybridized carbons (Fsp3) is 0.200. The molecular weight excluding hydrogens is 252 g/mol. The lowest BCUT2D eigenvalue weighted by molar-refractivity contribution is 0.102. The number of nitrogen functional groups attached to an aromatic ring is 1. The van der Waals surface area contributed by atoms with Crippen molar-refractivity contribution in [2.75, 3.05) is 30.0 Å². The minimum absolute atomic E-state index is 0.272. The Morgan fingerprint density at radius 3 is 2.65 bits per heavy atom. The van der Waals surface area contributed by atoms with Gasteiger partial charge in [-0.1, -0.05) is 6.07 Å². The van der Waals surface area contributed by atoms with Gasteiger partial charge in [0.15, 0.2) is 0 Å². The zero-order valence-electron chi connectivity index (χ0n) is 11.8. The highest BCUT2D eigenvalue weighted by Crippen LogP contribution is 2.22. The van der Waals surface area contributed by atoms with E-state index in [2.05, 4.69) is 10.3 Å². The Morgan fingerprint density at radius 1 is 1.25 bits per heavy atom. The molecule has 2 rings (SSSR count).